The second kappa shape index (κ2) is 12.3. The zero-order chi connectivity index (χ0) is 31.0. The highest BCUT2D eigenvalue weighted by Crippen LogP contribution is 2.42. The first kappa shape index (κ1) is 30.2. The van der Waals surface area contributed by atoms with E-state index in [2.05, 4.69) is 0 Å². The standard InChI is InChI=1S/C32H23F3N2O4S3/c33-32(34,35)21-11-12-22-23(38)16-25(44-24(22)15-21)42-14-13-20-17-43-30-26(36)29(39)37(30)27(20)31(40)41-28(18-7-3-1-4-8-18)19-9-5-2-6-10-19/h1-16,26,28,30H,17,36H2/b14-13+/t26-,30-/m1/s1. The number of hydrogen-bond acceptors (Lipinski definition) is 8. The molecule has 2 atom stereocenters. The molecule has 1 saturated heterocycles. The summed E-state index contributed by atoms with van der Waals surface area (Å²) >= 11 is 3.61. The van der Waals surface area contributed by atoms with E-state index in [4.69, 9.17) is 10.5 Å². The number of ether oxygens (including phenoxy) is 1. The van der Waals surface area contributed by atoms with Crippen LogP contribution in [-0.4, -0.2) is 33.9 Å². The average Bonchev–Trinajstić information content (AvgIpc) is 3.03. The van der Waals surface area contributed by atoms with Gasteiger partial charge in [0.1, 0.15) is 17.1 Å². The van der Waals surface area contributed by atoms with E-state index in [1.807, 2.05) is 60.7 Å². The number of nitrogens with two attached hydrogens (primary N) is 1. The Labute approximate surface area is 262 Å². The highest BCUT2D eigenvalue weighted by molar-refractivity contribution is 8.04. The highest BCUT2D eigenvalue weighted by atomic mass is 32.2. The SMILES string of the molecule is N[C@@H]1C(=O)N2C(C(=O)OC(c3ccccc3)c3ccccc3)=C(/C=C/Sc3cc(=O)c4ccc(C(F)(F)F)cc4s3)CS[C@H]12. The molecule has 12 heteroatoms. The van der Waals surface area contributed by atoms with Gasteiger partial charge in [-0.05, 0) is 46.4 Å². The maximum Gasteiger partial charge on any atom is 0.416 e. The van der Waals surface area contributed by atoms with Gasteiger partial charge in [0.05, 0.1) is 9.77 Å². The van der Waals surface area contributed by atoms with Crippen LogP contribution in [0.15, 0.2) is 117 Å². The molecular formula is C32H23F3N2O4S3. The Bertz CT molecular complexity index is 1820. The second-order valence-electron chi connectivity index (χ2n) is 9.98. The molecule has 2 aliphatic rings. The quantitative estimate of drug-likeness (QED) is 0.135. The van der Waals surface area contributed by atoms with Crippen LogP contribution in [0.4, 0.5) is 13.2 Å². The van der Waals surface area contributed by atoms with Crippen LogP contribution in [-0.2, 0) is 20.5 Å². The van der Waals surface area contributed by atoms with Gasteiger partial charge in [-0.15, -0.1) is 23.1 Å². The molecule has 1 amide bonds. The maximum atomic E-state index is 13.8. The summed E-state index contributed by atoms with van der Waals surface area (Å²) in [6.07, 6.45) is -3.60. The lowest BCUT2D eigenvalue weighted by molar-refractivity contribution is -0.153. The van der Waals surface area contributed by atoms with E-state index in [1.54, 1.807) is 11.5 Å². The Hall–Kier alpha value is -3.84. The van der Waals surface area contributed by atoms with E-state index in [9.17, 15) is 27.6 Å². The third-order valence-corrected chi connectivity index (χ3v) is 10.5. The molecule has 0 aliphatic carbocycles. The van der Waals surface area contributed by atoms with Crippen molar-refractivity contribution in [3.8, 4) is 0 Å². The van der Waals surface area contributed by atoms with Crippen molar-refractivity contribution in [1.82, 2.24) is 4.90 Å². The van der Waals surface area contributed by atoms with Crippen molar-refractivity contribution in [2.45, 2.75) is 27.9 Å². The Morgan fingerprint density at radius 2 is 1.66 bits per heavy atom. The number of carbonyl (C=O) groups is 2. The number of thioether (sulfide) groups is 2. The average molecular weight is 653 g/mol. The fourth-order valence-corrected chi connectivity index (χ4v) is 8.24. The van der Waals surface area contributed by atoms with Gasteiger partial charge in [-0.1, -0.05) is 72.4 Å². The van der Waals surface area contributed by atoms with E-state index in [-0.39, 0.29) is 15.8 Å². The molecule has 0 unspecified atom stereocenters. The van der Waals surface area contributed by atoms with Gasteiger partial charge in [0.15, 0.2) is 11.5 Å². The third kappa shape index (κ3) is 5.94. The van der Waals surface area contributed by atoms with Gasteiger partial charge in [-0.25, -0.2) is 4.79 Å². The molecule has 4 aromatic rings. The van der Waals surface area contributed by atoms with E-state index >= 15 is 0 Å². The number of halogens is 3. The summed E-state index contributed by atoms with van der Waals surface area (Å²) in [7, 11) is 0. The summed E-state index contributed by atoms with van der Waals surface area (Å²) in [5.41, 5.74) is 6.94. The van der Waals surface area contributed by atoms with Gasteiger partial charge in [0.25, 0.3) is 0 Å². The number of esters is 1. The number of amides is 1. The molecule has 1 aromatic heterocycles. The zero-order valence-corrected chi connectivity index (χ0v) is 25.1. The lowest BCUT2D eigenvalue weighted by Crippen LogP contribution is -2.68. The second-order valence-corrected chi connectivity index (χ2v) is 13.4. The molecule has 3 heterocycles. The van der Waals surface area contributed by atoms with Gasteiger partial charge in [0, 0.05) is 21.9 Å². The monoisotopic (exact) mass is 652 g/mol. The summed E-state index contributed by atoms with van der Waals surface area (Å²) in [6.45, 7) is 0. The fourth-order valence-electron chi connectivity index (χ4n) is 4.95. The van der Waals surface area contributed by atoms with Crippen molar-refractivity contribution < 1.29 is 27.5 Å². The molecule has 0 saturated carbocycles. The number of β-lactam (4-membered cyclic amide) rings is 1. The number of benzene rings is 3. The summed E-state index contributed by atoms with van der Waals surface area (Å²) in [5.74, 6) is -0.710. The van der Waals surface area contributed by atoms with E-state index < -0.39 is 46.6 Å². The number of alkyl halides is 3. The Balaban J connectivity index is 1.32. The number of hydrogen-bond donors (Lipinski definition) is 1. The van der Waals surface area contributed by atoms with Crippen LogP contribution in [0.1, 0.15) is 22.8 Å². The Kier molecular flexibility index (Phi) is 8.42. The summed E-state index contributed by atoms with van der Waals surface area (Å²) in [6, 6.07) is 22.2. The molecule has 2 aliphatic heterocycles. The first-order chi connectivity index (χ1) is 21.1. The third-order valence-electron chi connectivity index (χ3n) is 7.15. The number of rotatable bonds is 7. The predicted octanol–water partition coefficient (Wildman–Crippen LogP) is 6.72. The van der Waals surface area contributed by atoms with Crippen molar-refractivity contribution in [3.05, 3.63) is 135 Å². The molecule has 6 rings (SSSR count). The molecule has 44 heavy (non-hydrogen) atoms. The van der Waals surface area contributed by atoms with Crippen molar-refractivity contribution >= 4 is 56.8 Å². The Morgan fingerprint density at radius 1 is 1.00 bits per heavy atom. The topological polar surface area (TPSA) is 89.7 Å². The molecule has 224 valence electrons. The molecule has 6 nitrogen and oxygen atoms in total. The highest BCUT2D eigenvalue weighted by Gasteiger charge is 2.52. The summed E-state index contributed by atoms with van der Waals surface area (Å²) < 4.78 is 46.5. The molecule has 2 N–H and O–H groups in total. The van der Waals surface area contributed by atoms with Crippen LogP contribution in [0.25, 0.3) is 10.1 Å². The fraction of sp³-hybridized carbons (Fsp3) is 0.156. The van der Waals surface area contributed by atoms with E-state index in [0.717, 1.165) is 46.4 Å². The number of fused-ring (bicyclic) bond motifs is 2. The molecule has 0 spiro atoms. The van der Waals surface area contributed by atoms with Crippen LogP contribution in [0.2, 0.25) is 0 Å². The summed E-state index contributed by atoms with van der Waals surface area (Å²) in [4.78, 5) is 40.7. The van der Waals surface area contributed by atoms with E-state index in [0.29, 0.717) is 15.5 Å². The van der Waals surface area contributed by atoms with Crippen LogP contribution in [0.5, 0.6) is 0 Å². The van der Waals surface area contributed by atoms with Gasteiger partial charge < -0.3 is 10.5 Å². The largest absolute Gasteiger partial charge is 0.448 e. The van der Waals surface area contributed by atoms with Gasteiger partial charge in [0.2, 0.25) is 5.91 Å². The number of carbonyl (C=O) groups excluding carboxylic acids is 2. The van der Waals surface area contributed by atoms with Crippen molar-refractivity contribution in [1.29, 1.82) is 0 Å². The lowest BCUT2D eigenvalue weighted by atomic mass is 10.0. The predicted molar refractivity (Wildman–Crippen MR) is 167 cm³/mol. The first-order valence-electron chi connectivity index (χ1n) is 13.3. The lowest BCUT2D eigenvalue weighted by Gasteiger charge is -2.48. The minimum absolute atomic E-state index is 0.0932. The molecule has 0 bridgehead atoms. The smallest absolute Gasteiger partial charge is 0.416 e. The van der Waals surface area contributed by atoms with Gasteiger partial charge in [-0.3, -0.25) is 14.5 Å². The number of nitrogens with zero attached hydrogens (tertiary/aromatic N) is 1. The molecular weight excluding hydrogens is 630 g/mol. The van der Waals surface area contributed by atoms with Crippen molar-refractivity contribution in [2.75, 3.05) is 5.75 Å². The van der Waals surface area contributed by atoms with Crippen LogP contribution >= 0.6 is 34.9 Å². The van der Waals surface area contributed by atoms with Crippen LogP contribution in [0.3, 0.4) is 0 Å². The molecule has 3 aromatic carbocycles. The first-order valence-corrected chi connectivity index (χ1v) is 16.1. The Morgan fingerprint density at radius 3 is 2.30 bits per heavy atom. The normalized spacial score (nSPS) is 18.6. The minimum Gasteiger partial charge on any atom is -0.448 e. The van der Waals surface area contributed by atoms with Crippen molar-refractivity contribution in [3.63, 3.8) is 0 Å². The molecule has 1 fully saturated rings. The summed E-state index contributed by atoms with van der Waals surface area (Å²) in [5, 5.41) is 1.44. The van der Waals surface area contributed by atoms with Crippen molar-refractivity contribution in [2.24, 2.45) is 5.73 Å². The van der Waals surface area contributed by atoms with Gasteiger partial charge >= 0.3 is 12.1 Å². The van der Waals surface area contributed by atoms with Crippen LogP contribution in [0, 0.1) is 0 Å². The minimum atomic E-state index is -4.53. The maximum absolute atomic E-state index is 13.8. The number of allylic oxidation sites excluding steroid dienone is 1. The van der Waals surface area contributed by atoms with Gasteiger partial charge in [-0.2, -0.15) is 13.2 Å². The van der Waals surface area contributed by atoms with E-state index in [1.165, 1.54) is 28.8 Å². The van der Waals surface area contributed by atoms with Crippen LogP contribution < -0.4 is 11.2 Å². The molecule has 0 radical (unpaired) electrons. The zero-order valence-electron chi connectivity index (χ0n) is 22.7.